The number of methoxy groups -OCH3 is 1. The van der Waals surface area contributed by atoms with Gasteiger partial charge in [-0.05, 0) is 12.1 Å². The Morgan fingerprint density at radius 2 is 2.33 bits per heavy atom. The fraction of sp³-hybridized carbons (Fsp3) is 0.0909. The molecule has 0 aliphatic heterocycles. The molecule has 1 aromatic heterocycles. The third-order valence-electron chi connectivity index (χ3n) is 2.26. The van der Waals surface area contributed by atoms with Gasteiger partial charge in [-0.1, -0.05) is 11.6 Å². The number of aromatic nitrogens is 2. The minimum Gasteiger partial charge on any atom is -0.497 e. The second-order valence-corrected chi connectivity index (χ2v) is 3.89. The summed E-state index contributed by atoms with van der Waals surface area (Å²) in [6.07, 6.45) is 1.35. The molecule has 0 radical (unpaired) electrons. The molecule has 0 aliphatic carbocycles. The van der Waals surface area contributed by atoms with Crippen LogP contribution in [0.15, 0.2) is 24.4 Å². The van der Waals surface area contributed by atoms with Crippen molar-refractivity contribution in [3.63, 3.8) is 0 Å². The van der Waals surface area contributed by atoms with Crippen molar-refractivity contribution in [2.75, 3.05) is 18.2 Å². The lowest BCUT2D eigenvalue weighted by Gasteiger charge is -2.07. The molecule has 1 heterocycles. The smallest absolute Gasteiger partial charge is 0.273 e. The Hall–Kier alpha value is -2.21. The molecule has 18 heavy (non-hydrogen) atoms. The highest BCUT2D eigenvalue weighted by atomic mass is 35.5. The SMILES string of the molecule is COc1ccc(NC(=O)c2cnc(N)[nH]2)c(Cl)c1. The fourth-order valence-electron chi connectivity index (χ4n) is 1.37. The Bertz CT molecular complexity index is 582. The molecule has 1 aromatic carbocycles. The number of anilines is 2. The summed E-state index contributed by atoms with van der Waals surface area (Å²) in [6.45, 7) is 0. The summed E-state index contributed by atoms with van der Waals surface area (Å²) >= 11 is 6.00. The van der Waals surface area contributed by atoms with Crippen molar-refractivity contribution in [2.24, 2.45) is 0 Å². The molecule has 0 aliphatic rings. The average molecular weight is 267 g/mol. The van der Waals surface area contributed by atoms with Crippen molar-refractivity contribution in [1.82, 2.24) is 9.97 Å². The van der Waals surface area contributed by atoms with Gasteiger partial charge in [0.2, 0.25) is 0 Å². The van der Waals surface area contributed by atoms with E-state index in [9.17, 15) is 4.79 Å². The van der Waals surface area contributed by atoms with Gasteiger partial charge in [-0.25, -0.2) is 4.98 Å². The minimum absolute atomic E-state index is 0.181. The molecule has 6 nitrogen and oxygen atoms in total. The fourth-order valence-corrected chi connectivity index (χ4v) is 1.58. The number of nitrogen functional groups attached to an aromatic ring is 1. The number of nitrogens with zero attached hydrogens (tertiary/aromatic N) is 1. The van der Waals surface area contributed by atoms with Gasteiger partial charge in [0.25, 0.3) is 5.91 Å². The van der Waals surface area contributed by atoms with Gasteiger partial charge in [-0.2, -0.15) is 0 Å². The second kappa shape index (κ2) is 4.97. The lowest BCUT2D eigenvalue weighted by atomic mass is 10.3. The molecule has 4 N–H and O–H groups in total. The molecule has 0 saturated carbocycles. The topological polar surface area (TPSA) is 93.0 Å². The third kappa shape index (κ3) is 2.54. The standard InChI is InChI=1S/C11H11ClN4O2/c1-18-6-2-3-8(7(12)4-6)15-10(17)9-5-14-11(13)16-9/h2-5H,1H3,(H,15,17)(H3,13,14,16). The number of halogens is 1. The van der Waals surface area contributed by atoms with Crippen LogP contribution in [0.25, 0.3) is 0 Å². The Balaban J connectivity index is 2.16. The Morgan fingerprint density at radius 3 is 2.89 bits per heavy atom. The number of hydrogen-bond acceptors (Lipinski definition) is 4. The van der Waals surface area contributed by atoms with E-state index < -0.39 is 0 Å². The summed E-state index contributed by atoms with van der Waals surface area (Å²) in [5.41, 5.74) is 6.13. The van der Waals surface area contributed by atoms with E-state index >= 15 is 0 Å². The van der Waals surface area contributed by atoms with Crippen LogP contribution in [0.4, 0.5) is 11.6 Å². The Kier molecular flexibility index (Phi) is 3.38. The number of ether oxygens (including phenoxy) is 1. The zero-order valence-corrected chi connectivity index (χ0v) is 10.3. The zero-order chi connectivity index (χ0) is 13.1. The molecule has 0 atom stereocenters. The van der Waals surface area contributed by atoms with Crippen LogP contribution < -0.4 is 15.8 Å². The maximum absolute atomic E-state index is 11.8. The van der Waals surface area contributed by atoms with Gasteiger partial charge in [-0.3, -0.25) is 4.79 Å². The van der Waals surface area contributed by atoms with Crippen molar-refractivity contribution in [2.45, 2.75) is 0 Å². The monoisotopic (exact) mass is 266 g/mol. The van der Waals surface area contributed by atoms with Crippen molar-refractivity contribution in [1.29, 1.82) is 0 Å². The van der Waals surface area contributed by atoms with Crippen molar-refractivity contribution < 1.29 is 9.53 Å². The van der Waals surface area contributed by atoms with Gasteiger partial charge in [0.15, 0.2) is 5.95 Å². The summed E-state index contributed by atoms with van der Waals surface area (Å²) in [6, 6.07) is 4.96. The van der Waals surface area contributed by atoms with E-state index in [0.29, 0.717) is 16.5 Å². The number of carbonyl (C=O) groups is 1. The number of nitrogens with two attached hydrogens (primary N) is 1. The van der Waals surface area contributed by atoms with Crippen LogP contribution in [0.1, 0.15) is 10.5 Å². The van der Waals surface area contributed by atoms with E-state index in [1.807, 2.05) is 0 Å². The van der Waals surface area contributed by atoms with Gasteiger partial charge >= 0.3 is 0 Å². The van der Waals surface area contributed by atoms with Crippen LogP contribution in [-0.4, -0.2) is 23.0 Å². The first kappa shape index (κ1) is 12.3. The van der Waals surface area contributed by atoms with E-state index in [1.54, 1.807) is 18.2 Å². The molecule has 0 bridgehead atoms. The molecule has 94 valence electrons. The van der Waals surface area contributed by atoms with Crippen LogP contribution in [-0.2, 0) is 0 Å². The highest BCUT2D eigenvalue weighted by Crippen LogP contribution is 2.26. The van der Waals surface area contributed by atoms with Crippen molar-refractivity contribution in [3.8, 4) is 5.75 Å². The first-order valence-corrected chi connectivity index (χ1v) is 5.43. The van der Waals surface area contributed by atoms with Gasteiger partial charge in [0.1, 0.15) is 11.4 Å². The maximum Gasteiger partial charge on any atom is 0.273 e. The third-order valence-corrected chi connectivity index (χ3v) is 2.58. The summed E-state index contributed by atoms with van der Waals surface area (Å²) in [7, 11) is 1.54. The van der Waals surface area contributed by atoms with Gasteiger partial charge in [0.05, 0.1) is 24.0 Å². The minimum atomic E-state index is -0.369. The van der Waals surface area contributed by atoms with Gasteiger partial charge in [-0.15, -0.1) is 0 Å². The quantitative estimate of drug-likeness (QED) is 0.791. The van der Waals surface area contributed by atoms with E-state index in [0.717, 1.165) is 0 Å². The van der Waals surface area contributed by atoms with Crippen LogP contribution in [0.3, 0.4) is 0 Å². The van der Waals surface area contributed by atoms with Crippen LogP contribution in [0.2, 0.25) is 5.02 Å². The first-order valence-electron chi connectivity index (χ1n) is 5.05. The number of H-pyrrole nitrogens is 1. The maximum atomic E-state index is 11.8. The van der Waals surface area contributed by atoms with Crippen LogP contribution in [0.5, 0.6) is 5.75 Å². The molecule has 2 rings (SSSR count). The molecule has 7 heteroatoms. The van der Waals surface area contributed by atoms with E-state index in [-0.39, 0.29) is 17.5 Å². The Labute approximate surface area is 108 Å². The molecule has 0 unspecified atom stereocenters. The highest BCUT2D eigenvalue weighted by molar-refractivity contribution is 6.34. The predicted octanol–water partition coefficient (Wildman–Crippen LogP) is 1.91. The number of amides is 1. The summed E-state index contributed by atoms with van der Waals surface area (Å²) < 4.78 is 5.01. The van der Waals surface area contributed by atoms with Gasteiger partial charge in [0, 0.05) is 6.07 Å². The molecule has 2 aromatic rings. The summed E-state index contributed by atoms with van der Waals surface area (Å²) in [5.74, 6) is 0.427. The lowest BCUT2D eigenvalue weighted by Crippen LogP contribution is -2.12. The number of benzene rings is 1. The normalized spacial score (nSPS) is 10.1. The lowest BCUT2D eigenvalue weighted by molar-refractivity contribution is 0.102. The van der Waals surface area contributed by atoms with E-state index in [2.05, 4.69) is 15.3 Å². The number of rotatable bonds is 3. The van der Waals surface area contributed by atoms with E-state index in [4.69, 9.17) is 22.1 Å². The highest BCUT2D eigenvalue weighted by Gasteiger charge is 2.11. The van der Waals surface area contributed by atoms with Crippen molar-refractivity contribution >= 4 is 29.1 Å². The largest absolute Gasteiger partial charge is 0.497 e. The average Bonchev–Trinajstić information content (AvgIpc) is 2.78. The second-order valence-electron chi connectivity index (χ2n) is 3.48. The number of hydrogen-bond donors (Lipinski definition) is 3. The molecule has 1 amide bonds. The zero-order valence-electron chi connectivity index (χ0n) is 9.53. The van der Waals surface area contributed by atoms with Gasteiger partial charge < -0.3 is 20.8 Å². The molecule has 0 saturated heterocycles. The molecular weight excluding hydrogens is 256 g/mol. The molecule has 0 spiro atoms. The van der Waals surface area contributed by atoms with Crippen LogP contribution >= 0.6 is 11.6 Å². The Morgan fingerprint density at radius 1 is 1.56 bits per heavy atom. The summed E-state index contributed by atoms with van der Waals surface area (Å²) in [4.78, 5) is 18.2. The number of nitrogens with one attached hydrogen (secondary N) is 2. The van der Waals surface area contributed by atoms with Crippen molar-refractivity contribution in [3.05, 3.63) is 35.1 Å². The summed E-state index contributed by atoms with van der Waals surface area (Å²) in [5, 5.41) is 3.02. The van der Waals surface area contributed by atoms with E-state index in [1.165, 1.54) is 13.3 Å². The molecule has 0 fully saturated rings. The predicted molar refractivity (Wildman–Crippen MR) is 69.0 cm³/mol. The number of carbonyl (C=O) groups excluding carboxylic acids is 1. The number of aromatic amines is 1. The number of imidazole rings is 1. The first-order chi connectivity index (χ1) is 8.60. The van der Waals surface area contributed by atoms with Crippen LogP contribution in [0, 0.1) is 0 Å². The molecular formula is C11H11ClN4O2.